The van der Waals surface area contributed by atoms with E-state index >= 15 is 0 Å². The maximum absolute atomic E-state index is 5.57. The van der Waals surface area contributed by atoms with Crippen LogP contribution in [0.4, 0.5) is 0 Å². The number of rotatable bonds is 2. The van der Waals surface area contributed by atoms with Gasteiger partial charge in [-0.05, 0) is 29.4 Å². The van der Waals surface area contributed by atoms with Crippen LogP contribution in [0.25, 0.3) is 6.08 Å². The molecule has 1 aromatic carbocycles. The summed E-state index contributed by atoms with van der Waals surface area (Å²) in [5.41, 5.74) is 2.87. The van der Waals surface area contributed by atoms with Gasteiger partial charge in [0, 0.05) is 6.61 Å². The third kappa shape index (κ3) is 3.44. The zero-order valence-electron chi connectivity index (χ0n) is 11.1. The monoisotopic (exact) mass is 230 g/mol. The van der Waals surface area contributed by atoms with Crippen LogP contribution < -0.4 is 0 Å². The Kier molecular flexibility index (Phi) is 3.68. The quantitative estimate of drug-likeness (QED) is 0.740. The van der Waals surface area contributed by atoms with Crippen LogP contribution in [0.2, 0.25) is 0 Å². The third-order valence-electron chi connectivity index (χ3n) is 3.24. The lowest BCUT2D eigenvalue weighted by Crippen LogP contribution is -2.10. The highest BCUT2D eigenvalue weighted by molar-refractivity contribution is 5.50. The average molecular weight is 230 g/mol. The molecule has 92 valence electrons. The maximum Gasteiger partial charge on any atom is 0.0759 e. The van der Waals surface area contributed by atoms with Crippen molar-refractivity contribution in [3.05, 3.63) is 41.5 Å². The lowest BCUT2D eigenvalue weighted by atomic mass is 9.87. The molecule has 17 heavy (non-hydrogen) atoms. The summed E-state index contributed by atoms with van der Waals surface area (Å²) in [6.45, 7) is 7.64. The Labute approximate surface area is 104 Å². The van der Waals surface area contributed by atoms with Crippen LogP contribution in [0.3, 0.4) is 0 Å². The van der Waals surface area contributed by atoms with Gasteiger partial charge in [0.05, 0.1) is 6.10 Å². The maximum atomic E-state index is 5.57. The van der Waals surface area contributed by atoms with E-state index in [1.54, 1.807) is 0 Å². The van der Waals surface area contributed by atoms with Crippen molar-refractivity contribution in [2.75, 3.05) is 6.61 Å². The minimum absolute atomic E-state index is 0.233. The molecule has 1 heterocycles. The molecule has 1 heteroatoms. The molecular weight excluding hydrogens is 208 g/mol. The molecule has 1 saturated heterocycles. The molecule has 0 aromatic heterocycles. The predicted molar refractivity (Wildman–Crippen MR) is 73.2 cm³/mol. The fourth-order valence-corrected chi connectivity index (χ4v) is 2.07. The molecule has 0 saturated carbocycles. The largest absolute Gasteiger partial charge is 0.374 e. The van der Waals surface area contributed by atoms with Gasteiger partial charge >= 0.3 is 0 Å². The van der Waals surface area contributed by atoms with Gasteiger partial charge in [0.25, 0.3) is 0 Å². The number of hydrogen-bond acceptors (Lipinski definition) is 1. The predicted octanol–water partition coefficient (Wildman–Crippen LogP) is 4.18. The highest BCUT2D eigenvalue weighted by Gasteiger charge is 2.13. The van der Waals surface area contributed by atoms with Gasteiger partial charge in [-0.25, -0.2) is 0 Å². The zero-order chi connectivity index (χ0) is 12.3. The van der Waals surface area contributed by atoms with Crippen LogP contribution in [0, 0.1) is 0 Å². The topological polar surface area (TPSA) is 9.23 Å². The van der Waals surface area contributed by atoms with Gasteiger partial charge in [-0.15, -0.1) is 0 Å². The second kappa shape index (κ2) is 5.05. The molecule has 0 bridgehead atoms. The summed E-state index contributed by atoms with van der Waals surface area (Å²) >= 11 is 0. The Bertz CT molecular complexity index is 375. The molecule has 1 aromatic rings. The fraction of sp³-hybridized carbons (Fsp3) is 0.500. The van der Waals surface area contributed by atoms with Gasteiger partial charge < -0.3 is 4.74 Å². The van der Waals surface area contributed by atoms with Crippen LogP contribution >= 0.6 is 0 Å². The molecule has 0 spiro atoms. The van der Waals surface area contributed by atoms with Gasteiger partial charge in [0.1, 0.15) is 0 Å². The lowest BCUT2D eigenvalue weighted by molar-refractivity contribution is 0.146. The molecule has 1 atom stereocenters. The van der Waals surface area contributed by atoms with Crippen LogP contribution in [-0.4, -0.2) is 12.7 Å². The first-order valence-corrected chi connectivity index (χ1v) is 6.46. The first-order chi connectivity index (χ1) is 8.05. The molecular formula is C16H22O. The van der Waals surface area contributed by atoms with Gasteiger partial charge in [-0.1, -0.05) is 57.2 Å². The SMILES string of the molecule is CC(C)(C)c1ccc(/C=C/C2CCCO2)cc1. The van der Waals surface area contributed by atoms with E-state index in [1.165, 1.54) is 17.5 Å². The van der Waals surface area contributed by atoms with Crippen molar-refractivity contribution in [3.63, 3.8) is 0 Å². The highest BCUT2D eigenvalue weighted by atomic mass is 16.5. The molecule has 0 amide bonds. The van der Waals surface area contributed by atoms with E-state index in [-0.39, 0.29) is 5.41 Å². The van der Waals surface area contributed by atoms with Gasteiger partial charge in [-0.3, -0.25) is 0 Å². The Balaban J connectivity index is 2.02. The van der Waals surface area contributed by atoms with E-state index in [1.807, 2.05) is 0 Å². The van der Waals surface area contributed by atoms with Gasteiger partial charge in [0.15, 0.2) is 0 Å². The minimum atomic E-state index is 0.233. The summed E-state index contributed by atoms with van der Waals surface area (Å²) in [7, 11) is 0. The number of benzene rings is 1. The van der Waals surface area contributed by atoms with Crippen molar-refractivity contribution in [3.8, 4) is 0 Å². The first-order valence-electron chi connectivity index (χ1n) is 6.46. The molecule has 1 aliphatic heterocycles. The molecule has 0 aliphatic carbocycles. The normalized spacial score (nSPS) is 21.2. The third-order valence-corrected chi connectivity index (χ3v) is 3.24. The van der Waals surface area contributed by atoms with E-state index < -0.39 is 0 Å². The smallest absolute Gasteiger partial charge is 0.0759 e. The van der Waals surface area contributed by atoms with Crippen LogP contribution in [0.5, 0.6) is 0 Å². The first kappa shape index (κ1) is 12.4. The fourth-order valence-electron chi connectivity index (χ4n) is 2.07. The summed E-state index contributed by atoms with van der Waals surface area (Å²) in [5.74, 6) is 0. The Morgan fingerprint density at radius 1 is 1.18 bits per heavy atom. The second-order valence-electron chi connectivity index (χ2n) is 5.78. The Morgan fingerprint density at radius 2 is 1.88 bits per heavy atom. The van der Waals surface area contributed by atoms with Crippen molar-refractivity contribution in [2.24, 2.45) is 0 Å². The minimum Gasteiger partial charge on any atom is -0.374 e. The summed E-state index contributed by atoms with van der Waals surface area (Å²) in [5, 5.41) is 0. The molecule has 1 aliphatic rings. The lowest BCUT2D eigenvalue weighted by Gasteiger charge is -2.18. The van der Waals surface area contributed by atoms with Crippen molar-refractivity contribution in [1.82, 2.24) is 0 Å². The Hall–Kier alpha value is -1.08. The summed E-state index contributed by atoms with van der Waals surface area (Å²) in [4.78, 5) is 0. The van der Waals surface area contributed by atoms with Crippen LogP contribution in [0.15, 0.2) is 30.3 Å². The van der Waals surface area contributed by atoms with Gasteiger partial charge in [0.2, 0.25) is 0 Å². The van der Waals surface area contributed by atoms with E-state index in [4.69, 9.17) is 4.74 Å². The zero-order valence-corrected chi connectivity index (χ0v) is 11.1. The number of hydrogen-bond donors (Lipinski definition) is 0. The molecule has 1 nitrogen and oxygen atoms in total. The molecule has 2 rings (SSSR count). The molecule has 1 fully saturated rings. The van der Waals surface area contributed by atoms with E-state index in [2.05, 4.69) is 57.2 Å². The average Bonchev–Trinajstić information content (AvgIpc) is 2.78. The van der Waals surface area contributed by atoms with E-state index in [9.17, 15) is 0 Å². The van der Waals surface area contributed by atoms with Crippen molar-refractivity contribution >= 4 is 6.08 Å². The van der Waals surface area contributed by atoms with Crippen LogP contribution in [-0.2, 0) is 10.2 Å². The second-order valence-corrected chi connectivity index (χ2v) is 5.78. The van der Waals surface area contributed by atoms with Crippen molar-refractivity contribution < 1.29 is 4.74 Å². The standard InChI is InChI=1S/C16H22O/c1-16(2,3)14-9-6-13(7-10-14)8-11-15-5-4-12-17-15/h6-11,15H,4-5,12H2,1-3H3/b11-8+. The van der Waals surface area contributed by atoms with E-state index in [0.29, 0.717) is 6.10 Å². The summed E-state index contributed by atoms with van der Waals surface area (Å²) in [6, 6.07) is 8.81. The molecule has 0 radical (unpaired) electrons. The highest BCUT2D eigenvalue weighted by Crippen LogP contribution is 2.22. The summed E-state index contributed by atoms with van der Waals surface area (Å²) in [6.07, 6.45) is 7.04. The van der Waals surface area contributed by atoms with Crippen LogP contribution in [0.1, 0.15) is 44.7 Å². The summed E-state index contributed by atoms with van der Waals surface area (Å²) < 4.78 is 5.57. The van der Waals surface area contributed by atoms with Crippen molar-refractivity contribution in [1.29, 1.82) is 0 Å². The molecule has 1 unspecified atom stereocenters. The molecule has 0 N–H and O–H groups in total. The Morgan fingerprint density at radius 3 is 2.41 bits per heavy atom. The van der Waals surface area contributed by atoms with Gasteiger partial charge in [-0.2, -0.15) is 0 Å². The number of ether oxygens (including phenoxy) is 1. The van der Waals surface area contributed by atoms with E-state index in [0.717, 1.165) is 13.0 Å². The van der Waals surface area contributed by atoms with Crippen molar-refractivity contribution in [2.45, 2.75) is 45.1 Å².